The van der Waals surface area contributed by atoms with Crippen molar-refractivity contribution in [2.24, 2.45) is 0 Å². The van der Waals surface area contributed by atoms with Crippen LogP contribution < -0.4 is 19.7 Å². The first kappa shape index (κ1) is 23.4. The number of halogens is 1. The topological polar surface area (TPSA) is 77.8 Å². The lowest BCUT2D eigenvalue weighted by atomic mass is 10.0. The van der Waals surface area contributed by atoms with Gasteiger partial charge in [0.2, 0.25) is 0 Å². The van der Waals surface area contributed by atoms with E-state index in [1.54, 1.807) is 24.3 Å². The van der Waals surface area contributed by atoms with Crippen LogP contribution in [0.3, 0.4) is 0 Å². The zero-order chi connectivity index (χ0) is 23.1. The van der Waals surface area contributed by atoms with Crippen LogP contribution in [0, 0.1) is 17.1 Å². The lowest BCUT2D eigenvalue weighted by molar-refractivity contribution is -0.123. The number of benzene rings is 2. The minimum Gasteiger partial charge on any atom is -0.493 e. The van der Waals surface area contributed by atoms with Crippen LogP contribution in [-0.2, 0) is 4.79 Å². The quantitative estimate of drug-likeness (QED) is 0.680. The number of likely N-dealkylation sites (N-methyl/N-ethyl adjacent to an activating group) is 1. The zero-order valence-corrected chi connectivity index (χ0v) is 18.7. The summed E-state index contributed by atoms with van der Waals surface area (Å²) in [6.07, 6.45) is 0. The Kier molecular flexibility index (Phi) is 7.90. The van der Waals surface area contributed by atoms with Gasteiger partial charge in [-0.2, -0.15) is 5.26 Å². The van der Waals surface area contributed by atoms with Crippen LogP contribution in [0.25, 0.3) is 0 Å². The number of methoxy groups -OCH3 is 1. The first-order chi connectivity index (χ1) is 15.4. The van der Waals surface area contributed by atoms with Crippen LogP contribution >= 0.6 is 0 Å². The lowest BCUT2D eigenvalue weighted by Crippen LogP contribution is -2.46. The van der Waals surface area contributed by atoms with Gasteiger partial charge in [-0.25, -0.2) is 4.39 Å². The monoisotopic (exact) mass is 440 g/mol. The molecule has 0 saturated carbocycles. The third-order valence-electron chi connectivity index (χ3n) is 5.65. The molecule has 1 atom stereocenters. The number of carbonyl (C=O) groups excluding carboxylic acids is 1. The third kappa shape index (κ3) is 5.68. The van der Waals surface area contributed by atoms with Gasteiger partial charge in [-0.3, -0.25) is 4.79 Å². The lowest BCUT2D eigenvalue weighted by Gasteiger charge is -2.37. The van der Waals surface area contributed by atoms with E-state index in [0.717, 1.165) is 44.0 Å². The van der Waals surface area contributed by atoms with E-state index in [4.69, 9.17) is 14.7 Å². The van der Waals surface area contributed by atoms with Gasteiger partial charge in [0.15, 0.2) is 18.1 Å². The van der Waals surface area contributed by atoms with Gasteiger partial charge in [0.25, 0.3) is 5.91 Å². The van der Waals surface area contributed by atoms with Crippen molar-refractivity contribution in [2.45, 2.75) is 19.9 Å². The molecule has 170 valence electrons. The Morgan fingerprint density at radius 2 is 1.94 bits per heavy atom. The summed E-state index contributed by atoms with van der Waals surface area (Å²) in [7, 11) is 1.47. The maximum Gasteiger partial charge on any atom is 0.258 e. The number of hydrogen-bond acceptors (Lipinski definition) is 6. The average molecular weight is 441 g/mol. The Bertz CT molecular complexity index is 984. The molecule has 0 radical (unpaired) electrons. The molecule has 7 nitrogen and oxygen atoms in total. The number of nitrogens with zero attached hydrogens (tertiary/aromatic N) is 3. The van der Waals surface area contributed by atoms with Crippen molar-refractivity contribution in [1.29, 1.82) is 5.26 Å². The van der Waals surface area contributed by atoms with Gasteiger partial charge in [0, 0.05) is 43.5 Å². The number of ether oxygens (including phenoxy) is 2. The van der Waals surface area contributed by atoms with Crippen LogP contribution in [0.2, 0.25) is 0 Å². The SMILES string of the molecule is CCN1CCN(c2ccc(F)cc2C(C)NC(=O)COc2ccc(C#N)cc2OC)CC1. The molecule has 1 unspecified atom stereocenters. The highest BCUT2D eigenvalue weighted by molar-refractivity contribution is 5.78. The van der Waals surface area contributed by atoms with E-state index in [2.05, 4.69) is 22.0 Å². The summed E-state index contributed by atoms with van der Waals surface area (Å²) >= 11 is 0. The molecule has 2 aromatic rings. The fraction of sp³-hybridized carbons (Fsp3) is 0.417. The molecule has 0 aliphatic carbocycles. The number of nitrogens with one attached hydrogen (secondary N) is 1. The Morgan fingerprint density at radius 1 is 1.19 bits per heavy atom. The van der Waals surface area contributed by atoms with Crippen molar-refractivity contribution in [1.82, 2.24) is 10.2 Å². The highest BCUT2D eigenvalue weighted by atomic mass is 19.1. The Morgan fingerprint density at radius 3 is 2.59 bits per heavy atom. The molecule has 0 aromatic heterocycles. The molecule has 0 spiro atoms. The molecule has 1 aliphatic heterocycles. The molecule has 1 N–H and O–H groups in total. The van der Waals surface area contributed by atoms with Crippen molar-refractivity contribution in [2.75, 3.05) is 51.3 Å². The predicted octanol–water partition coefficient (Wildman–Crippen LogP) is 3.10. The van der Waals surface area contributed by atoms with Crippen LogP contribution in [-0.4, -0.2) is 57.2 Å². The number of carbonyl (C=O) groups is 1. The number of amides is 1. The highest BCUT2D eigenvalue weighted by Gasteiger charge is 2.22. The van der Waals surface area contributed by atoms with E-state index in [1.807, 2.05) is 13.0 Å². The van der Waals surface area contributed by atoms with Gasteiger partial charge in [0.05, 0.1) is 24.8 Å². The molecular formula is C24H29FN4O3. The highest BCUT2D eigenvalue weighted by Crippen LogP contribution is 2.29. The van der Waals surface area contributed by atoms with Gasteiger partial charge >= 0.3 is 0 Å². The number of piperazine rings is 1. The van der Waals surface area contributed by atoms with E-state index in [1.165, 1.54) is 19.2 Å². The van der Waals surface area contributed by atoms with E-state index in [9.17, 15) is 9.18 Å². The number of anilines is 1. The fourth-order valence-electron chi connectivity index (χ4n) is 3.83. The average Bonchev–Trinajstić information content (AvgIpc) is 2.82. The predicted molar refractivity (Wildman–Crippen MR) is 120 cm³/mol. The summed E-state index contributed by atoms with van der Waals surface area (Å²) in [5.41, 5.74) is 2.11. The molecule has 1 saturated heterocycles. The van der Waals surface area contributed by atoms with Crippen LogP contribution in [0.1, 0.15) is 31.0 Å². The summed E-state index contributed by atoms with van der Waals surface area (Å²) in [5.74, 6) is 0.0728. The van der Waals surface area contributed by atoms with Crippen LogP contribution in [0.5, 0.6) is 11.5 Å². The van der Waals surface area contributed by atoms with Gasteiger partial charge < -0.3 is 24.6 Å². The van der Waals surface area contributed by atoms with Gasteiger partial charge in [-0.05, 0) is 43.8 Å². The van der Waals surface area contributed by atoms with Crippen LogP contribution in [0.15, 0.2) is 36.4 Å². The molecule has 2 aromatic carbocycles. The summed E-state index contributed by atoms with van der Waals surface area (Å²) in [5, 5.41) is 11.9. The van der Waals surface area contributed by atoms with Gasteiger partial charge in [-0.15, -0.1) is 0 Å². The summed E-state index contributed by atoms with van der Waals surface area (Å²) in [6.45, 7) is 8.38. The summed E-state index contributed by atoms with van der Waals surface area (Å²) < 4.78 is 24.9. The molecule has 1 amide bonds. The largest absolute Gasteiger partial charge is 0.493 e. The first-order valence-electron chi connectivity index (χ1n) is 10.7. The fourth-order valence-corrected chi connectivity index (χ4v) is 3.83. The third-order valence-corrected chi connectivity index (χ3v) is 5.65. The van der Waals surface area contributed by atoms with Crippen molar-refractivity contribution < 1.29 is 18.7 Å². The minimum absolute atomic E-state index is 0.230. The molecular weight excluding hydrogens is 411 g/mol. The zero-order valence-electron chi connectivity index (χ0n) is 18.7. The molecule has 1 heterocycles. The smallest absolute Gasteiger partial charge is 0.258 e. The Balaban J connectivity index is 1.65. The van der Waals surface area contributed by atoms with E-state index in [-0.39, 0.29) is 18.3 Å². The molecule has 1 aliphatic rings. The van der Waals surface area contributed by atoms with Crippen molar-refractivity contribution >= 4 is 11.6 Å². The molecule has 32 heavy (non-hydrogen) atoms. The standard InChI is InChI=1S/C24H29FN4O3/c1-4-28-9-11-29(12-10-28)21-7-6-19(25)14-20(21)17(2)27-24(30)16-32-22-8-5-18(15-26)13-23(22)31-3/h5-8,13-14,17H,4,9-12,16H2,1-3H3,(H,27,30). The molecule has 0 bridgehead atoms. The molecule has 3 rings (SSSR count). The normalized spacial score (nSPS) is 15.0. The second-order valence-corrected chi connectivity index (χ2v) is 7.68. The first-order valence-corrected chi connectivity index (χ1v) is 10.7. The van der Waals surface area contributed by atoms with Crippen molar-refractivity contribution in [3.05, 3.63) is 53.3 Å². The maximum absolute atomic E-state index is 14.0. The maximum atomic E-state index is 14.0. The number of nitriles is 1. The second kappa shape index (κ2) is 10.8. The molecule has 1 fully saturated rings. The van der Waals surface area contributed by atoms with Crippen LogP contribution in [0.4, 0.5) is 10.1 Å². The molecule has 8 heteroatoms. The van der Waals surface area contributed by atoms with Crippen molar-refractivity contribution in [3.8, 4) is 17.6 Å². The minimum atomic E-state index is -0.399. The number of hydrogen-bond donors (Lipinski definition) is 1. The number of rotatable bonds is 8. The Labute approximate surface area is 188 Å². The second-order valence-electron chi connectivity index (χ2n) is 7.68. The van der Waals surface area contributed by atoms with Gasteiger partial charge in [0.1, 0.15) is 5.82 Å². The van der Waals surface area contributed by atoms with Crippen molar-refractivity contribution in [3.63, 3.8) is 0 Å². The van der Waals surface area contributed by atoms with E-state index >= 15 is 0 Å². The summed E-state index contributed by atoms with van der Waals surface area (Å²) in [4.78, 5) is 17.1. The van der Waals surface area contributed by atoms with E-state index in [0.29, 0.717) is 17.1 Å². The Hall–Kier alpha value is -3.31. The van der Waals surface area contributed by atoms with E-state index < -0.39 is 6.04 Å². The van der Waals surface area contributed by atoms with Gasteiger partial charge in [-0.1, -0.05) is 6.92 Å². The summed E-state index contributed by atoms with van der Waals surface area (Å²) in [6, 6.07) is 11.1.